The van der Waals surface area contributed by atoms with Crippen molar-refractivity contribution in [3.63, 3.8) is 0 Å². The lowest BCUT2D eigenvalue weighted by Crippen LogP contribution is -2.45. The van der Waals surface area contributed by atoms with Gasteiger partial charge in [-0.25, -0.2) is 28.7 Å². The fraction of sp³-hybridized carbons (Fsp3) is 0.269. The number of carbonyl (C=O) groups is 1. The number of nitrogen functional groups attached to an aromatic ring is 1. The number of amides is 1. The van der Waals surface area contributed by atoms with Crippen LogP contribution in [0.1, 0.15) is 28.0 Å². The molecule has 1 aromatic carbocycles. The summed E-state index contributed by atoms with van der Waals surface area (Å²) in [6.07, 6.45) is 4.57. The number of fused-ring (bicyclic) bond motifs is 1. The number of anilines is 3. The summed E-state index contributed by atoms with van der Waals surface area (Å²) in [6, 6.07) is 12.3. The van der Waals surface area contributed by atoms with Crippen molar-refractivity contribution in [2.45, 2.75) is 25.8 Å². The first-order chi connectivity index (χ1) is 17.7. The van der Waals surface area contributed by atoms with Crippen molar-refractivity contribution >= 4 is 34.3 Å². The van der Waals surface area contributed by atoms with Crippen LogP contribution >= 0.6 is 0 Å². The van der Waals surface area contributed by atoms with Crippen LogP contribution in [-0.4, -0.2) is 56.9 Å². The summed E-state index contributed by atoms with van der Waals surface area (Å²) in [5, 5.41) is 3.84. The molecule has 1 aliphatic rings. The minimum absolute atomic E-state index is 0.112. The second kappa shape index (κ2) is 9.57. The highest BCUT2D eigenvalue weighted by Gasteiger charge is 2.38. The number of hydrogen-bond donors (Lipinski definition) is 1. The normalized spacial score (nSPS) is 14.6. The summed E-state index contributed by atoms with van der Waals surface area (Å²) in [4.78, 5) is 32.8. The van der Waals surface area contributed by atoms with Gasteiger partial charge in [0.15, 0.2) is 0 Å². The smallest absolute Gasteiger partial charge is 0.272 e. The first kappa shape index (κ1) is 24.3. The van der Waals surface area contributed by atoms with Crippen LogP contribution in [0, 0.1) is 6.92 Å². The van der Waals surface area contributed by atoms with E-state index < -0.39 is 5.92 Å². The average molecular weight is 505 g/mol. The molecule has 9 nitrogen and oxygen atoms in total. The van der Waals surface area contributed by atoms with Crippen LogP contribution in [0.4, 0.5) is 26.2 Å². The third-order valence-corrected chi connectivity index (χ3v) is 6.39. The minimum Gasteiger partial charge on any atom is -0.383 e. The van der Waals surface area contributed by atoms with E-state index in [1.807, 2.05) is 13.0 Å². The maximum Gasteiger partial charge on any atom is 0.272 e. The lowest BCUT2D eigenvalue weighted by Gasteiger charge is -2.31. The summed E-state index contributed by atoms with van der Waals surface area (Å²) in [6.45, 7) is 1.92. The molecular formula is C26H26F2N8O. The summed E-state index contributed by atoms with van der Waals surface area (Å²) >= 11 is 0. The number of halogens is 2. The van der Waals surface area contributed by atoms with Crippen LogP contribution in [0.3, 0.4) is 0 Å². The fourth-order valence-corrected chi connectivity index (χ4v) is 4.27. The molecule has 0 radical (unpaired) electrons. The molecule has 5 rings (SSSR count). The highest BCUT2D eigenvalue weighted by molar-refractivity contribution is 5.98. The van der Waals surface area contributed by atoms with Crippen molar-refractivity contribution in [2.24, 2.45) is 0 Å². The summed E-state index contributed by atoms with van der Waals surface area (Å²) in [5.41, 5.74) is 9.09. The van der Waals surface area contributed by atoms with Gasteiger partial charge >= 0.3 is 0 Å². The Balaban J connectivity index is 1.44. The second-order valence-electron chi connectivity index (χ2n) is 9.07. The van der Waals surface area contributed by atoms with Crippen molar-refractivity contribution in [1.29, 1.82) is 0 Å². The number of aromatic nitrogens is 4. The molecule has 190 valence electrons. The van der Waals surface area contributed by atoms with E-state index in [1.165, 1.54) is 5.01 Å². The molecule has 1 fully saturated rings. The zero-order valence-corrected chi connectivity index (χ0v) is 20.5. The number of benzene rings is 1. The SMILES string of the molecule is Cc1cc2cc(C(=O)N(Cc3ccc(N4CCC(F)(F)C4)cn3)N(C)c3ncccn3)ccc2nc1N. The molecule has 37 heavy (non-hydrogen) atoms. The third-order valence-electron chi connectivity index (χ3n) is 6.39. The van der Waals surface area contributed by atoms with Crippen LogP contribution in [-0.2, 0) is 6.54 Å². The second-order valence-corrected chi connectivity index (χ2v) is 9.07. The molecule has 0 spiro atoms. The Bertz CT molecular complexity index is 1430. The summed E-state index contributed by atoms with van der Waals surface area (Å²) in [7, 11) is 1.70. The highest BCUT2D eigenvalue weighted by Crippen LogP contribution is 2.30. The fourth-order valence-electron chi connectivity index (χ4n) is 4.27. The van der Waals surface area contributed by atoms with Gasteiger partial charge in [0.25, 0.3) is 11.8 Å². The van der Waals surface area contributed by atoms with Gasteiger partial charge in [-0.3, -0.25) is 14.8 Å². The van der Waals surface area contributed by atoms with Crippen LogP contribution < -0.4 is 15.6 Å². The first-order valence-corrected chi connectivity index (χ1v) is 11.8. The van der Waals surface area contributed by atoms with E-state index in [1.54, 1.807) is 71.9 Å². The third kappa shape index (κ3) is 5.11. The molecule has 1 amide bonds. The molecule has 3 aromatic heterocycles. The van der Waals surface area contributed by atoms with Crippen molar-refractivity contribution in [1.82, 2.24) is 24.9 Å². The van der Waals surface area contributed by atoms with Gasteiger partial charge in [-0.2, -0.15) is 0 Å². The van der Waals surface area contributed by atoms with Gasteiger partial charge in [-0.15, -0.1) is 0 Å². The molecule has 1 saturated heterocycles. The van der Waals surface area contributed by atoms with Crippen LogP contribution in [0.15, 0.2) is 61.1 Å². The highest BCUT2D eigenvalue weighted by atomic mass is 19.3. The van der Waals surface area contributed by atoms with E-state index in [-0.39, 0.29) is 32.0 Å². The lowest BCUT2D eigenvalue weighted by atomic mass is 10.1. The van der Waals surface area contributed by atoms with Crippen molar-refractivity contribution in [3.05, 3.63) is 77.9 Å². The van der Waals surface area contributed by atoms with Crippen molar-refractivity contribution < 1.29 is 13.6 Å². The predicted octanol–water partition coefficient (Wildman–Crippen LogP) is 3.85. The number of carbonyl (C=O) groups excluding carboxylic acids is 1. The average Bonchev–Trinajstić information content (AvgIpc) is 3.27. The maximum atomic E-state index is 13.8. The molecule has 2 N–H and O–H groups in total. The maximum absolute atomic E-state index is 13.8. The van der Waals surface area contributed by atoms with Crippen molar-refractivity contribution in [2.75, 3.05) is 35.8 Å². The largest absolute Gasteiger partial charge is 0.383 e. The molecule has 4 aromatic rings. The van der Waals surface area contributed by atoms with Crippen molar-refractivity contribution in [3.8, 4) is 0 Å². The zero-order valence-electron chi connectivity index (χ0n) is 20.5. The monoisotopic (exact) mass is 504 g/mol. The van der Waals surface area contributed by atoms with Gasteiger partial charge in [0.05, 0.1) is 36.2 Å². The van der Waals surface area contributed by atoms with E-state index in [0.717, 1.165) is 10.9 Å². The van der Waals surface area contributed by atoms with Gasteiger partial charge in [-0.1, -0.05) is 0 Å². The number of aryl methyl sites for hydroxylation is 1. The Morgan fingerprint density at radius 3 is 2.59 bits per heavy atom. The molecule has 0 unspecified atom stereocenters. The van der Waals surface area contributed by atoms with E-state index in [9.17, 15) is 13.6 Å². The van der Waals surface area contributed by atoms with Gasteiger partial charge < -0.3 is 10.6 Å². The number of nitrogens with two attached hydrogens (primary N) is 1. The van der Waals surface area contributed by atoms with Crippen LogP contribution in [0.2, 0.25) is 0 Å². The Hall–Kier alpha value is -4.41. The van der Waals surface area contributed by atoms with E-state index in [4.69, 9.17) is 5.73 Å². The number of pyridine rings is 2. The zero-order chi connectivity index (χ0) is 26.2. The predicted molar refractivity (Wildman–Crippen MR) is 137 cm³/mol. The van der Waals surface area contributed by atoms with Gasteiger partial charge in [-0.05, 0) is 55.0 Å². The number of nitrogens with zero attached hydrogens (tertiary/aromatic N) is 7. The molecule has 0 aliphatic carbocycles. The molecule has 0 saturated carbocycles. The molecule has 0 bridgehead atoms. The Morgan fingerprint density at radius 2 is 1.92 bits per heavy atom. The summed E-state index contributed by atoms with van der Waals surface area (Å²) < 4.78 is 27.3. The Labute approximate surface area is 212 Å². The van der Waals surface area contributed by atoms with E-state index >= 15 is 0 Å². The quantitative estimate of drug-likeness (QED) is 0.395. The number of hydrazine groups is 1. The Kier molecular flexibility index (Phi) is 6.28. The number of rotatable bonds is 6. The number of alkyl halides is 2. The minimum atomic E-state index is -2.69. The van der Waals surface area contributed by atoms with Gasteiger partial charge in [0, 0.05) is 43.4 Å². The van der Waals surface area contributed by atoms with Gasteiger partial charge in [0.2, 0.25) is 5.95 Å². The Morgan fingerprint density at radius 1 is 1.14 bits per heavy atom. The van der Waals surface area contributed by atoms with E-state index in [0.29, 0.717) is 34.2 Å². The standard InChI is InChI=1S/C26H26F2N8O/c1-17-12-19-13-18(4-7-22(19)33-23(17)29)24(37)36(34(2)25-30-9-3-10-31-25)15-20-5-6-21(14-32-20)35-11-8-26(27,28)16-35/h3-7,9-10,12-14H,8,11,15-16H2,1-2H3,(H2,29,33). The van der Waals surface area contributed by atoms with Crippen LogP contribution in [0.25, 0.3) is 10.9 Å². The first-order valence-electron chi connectivity index (χ1n) is 11.8. The topological polar surface area (TPSA) is 104 Å². The molecule has 1 aliphatic heterocycles. The molecule has 0 atom stereocenters. The van der Waals surface area contributed by atoms with Crippen LogP contribution in [0.5, 0.6) is 0 Å². The molecule has 11 heteroatoms. The lowest BCUT2D eigenvalue weighted by molar-refractivity contribution is 0.0257. The van der Waals surface area contributed by atoms with Gasteiger partial charge in [0.1, 0.15) is 5.82 Å². The molecule has 4 heterocycles. The molecular weight excluding hydrogens is 478 g/mol. The van der Waals surface area contributed by atoms with E-state index in [2.05, 4.69) is 19.9 Å². The number of hydrogen-bond acceptors (Lipinski definition) is 8. The summed E-state index contributed by atoms with van der Waals surface area (Å²) in [5.74, 6) is -2.21.